The fraction of sp³-hybridized carbons (Fsp3) is 0.545. The van der Waals surface area contributed by atoms with Gasteiger partial charge >= 0.3 is 5.97 Å². The van der Waals surface area contributed by atoms with Gasteiger partial charge in [0.1, 0.15) is 16.7 Å². The summed E-state index contributed by atoms with van der Waals surface area (Å²) in [7, 11) is -2.71. The highest BCUT2D eigenvalue weighted by molar-refractivity contribution is 7.89. The Morgan fingerprint density at radius 3 is 2.57 bits per heavy atom. The van der Waals surface area contributed by atoms with Crippen molar-refractivity contribution in [1.82, 2.24) is 4.57 Å². The molecule has 0 spiro atoms. The van der Waals surface area contributed by atoms with Crippen LogP contribution in [0.1, 0.15) is 17.4 Å². The Balaban J connectivity index is 3.08. The molecule has 1 rings (SSSR count). The van der Waals surface area contributed by atoms with E-state index < -0.39 is 40.0 Å². The first kappa shape index (κ1) is 17.5. The SMILES string of the molecule is COCC(C)OC(=O)c1cc(S(N)(=O)=O)cn1CC(F)F. The number of primary sulfonamides is 1. The van der Waals surface area contributed by atoms with Crippen LogP contribution in [0.25, 0.3) is 0 Å². The average molecular weight is 326 g/mol. The number of carbonyl (C=O) groups excluding carboxylic acids is 1. The molecule has 0 bridgehead atoms. The molecular weight excluding hydrogens is 310 g/mol. The molecule has 0 aliphatic rings. The van der Waals surface area contributed by atoms with Gasteiger partial charge < -0.3 is 14.0 Å². The maximum absolute atomic E-state index is 12.5. The van der Waals surface area contributed by atoms with Gasteiger partial charge in [-0.3, -0.25) is 0 Å². The maximum atomic E-state index is 12.5. The van der Waals surface area contributed by atoms with Gasteiger partial charge in [0.25, 0.3) is 6.43 Å². The highest BCUT2D eigenvalue weighted by atomic mass is 32.2. The van der Waals surface area contributed by atoms with Crippen LogP contribution in [-0.4, -0.2) is 45.2 Å². The zero-order valence-electron chi connectivity index (χ0n) is 11.5. The first-order chi connectivity index (χ1) is 9.65. The van der Waals surface area contributed by atoms with Crippen molar-refractivity contribution >= 4 is 16.0 Å². The number of esters is 1. The molecule has 0 saturated carbocycles. The molecule has 0 aliphatic heterocycles. The van der Waals surface area contributed by atoms with Crippen molar-refractivity contribution in [3.05, 3.63) is 18.0 Å². The van der Waals surface area contributed by atoms with E-state index in [4.69, 9.17) is 14.6 Å². The standard InChI is InChI=1S/C11H16F2N2O5S/c1-7(6-19-2)20-11(16)9-3-8(21(14,17)18)4-15(9)5-10(12)13/h3-4,7,10H,5-6H2,1-2H3,(H2,14,17,18). The average Bonchev–Trinajstić information content (AvgIpc) is 2.71. The van der Waals surface area contributed by atoms with Crippen LogP contribution in [0.3, 0.4) is 0 Å². The van der Waals surface area contributed by atoms with Gasteiger partial charge in [0.15, 0.2) is 0 Å². The molecule has 0 fully saturated rings. The topological polar surface area (TPSA) is 101 Å². The van der Waals surface area contributed by atoms with Crippen molar-refractivity contribution in [3.8, 4) is 0 Å². The van der Waals surface area contributed by atoms with Gasteiger partial charge in [0.2, 0.25) is 10.0 Å². The van der Waals surface area contributed by atoms with E-state index >= 15 is 0 Å². The molecule has 2 N–H and O–H groups in total. The molecule has 0 saturated heterocycles. The Morgan fingerprint density at radius 2 is 2.10 bits per heavy atom. The molecule has 7 nitrogen and oxygen atoms in total. The minimum absolute atomic E-state index is 0.114. The quantitative estimate of drug-likeness (QED) is 0.739. The molecule has 1 heterocycles. The van der Waals surface area contributed by atoms with E-state index in [9.17, 15) is 22.0 Å². The molecule has 0 aliphatic carbocycles. The number of carbonyl (C=O) groups is 1. The Hall–Kier alpha value is -1.52. The number of hydrogen-bond acceptors (Lipinski definition) is 5. The summed E-state index contributed by atoms with van der Waals surface area (Å²) >= 11 is 0. The van der Waals surface area contributed by atoms with E-state index in [-0.39, 0.29) is 12.3 Å². The molecule has 21 heavy (non-hydrogen) atoms. The predicted molar refractivity (Wildman–Crippen MR) is 68.6 cm³/mol. The van der Waals surface area contributed by atoms with Crippen molar-refractivity contribution in [2.45, 2.75) is 30.9 Å². The first-order valence-electron chi connectivity index (χ1n) is 5.86. The Labute approximate surface area is 120 Å². The summed E-state index contributed by atoms with van der Waals surface area (Å²) in [6.07, 6.45) is -2.51. The second kappa shape index (κ2) is 6.96. The molecule has 0 aromatic carbocycles. The smallest absolute Gasteiger partial charge is 0.355 e. The summed E-state index contributed by atoms with van der Waals surface area (Å²) in [6, 6.07) is 0.902. The number of aromatic nitrogens is 1. The molecule has 1 aromatic rings. The highest BCUT2D eigenvalue weighted by Gasteiger charge is 2.23. The number of nitrogens with two attached hydrogens (primary N) is 1. The minimum atomic E-state index is -4.11. The van der Waals surface area contributed by atoms with Crippen molar-refractivity contribution in [2.75, 3.05) is 13.7 Å². The van der Waals surface area contributed by atoms with Gasteiger partial charge in [-0.25, -0.2) is 27.1 Å². The zero-order valence-corrected chi connectivity index (χ0v) is 12.3. The van der Waals surface area contributed by atoms with Crippen molar-refractivity contribution in [2.24, 2.45) is 5.14 Å². The predicted octanol–water partition coefficient (Wildman–Crippen LogP) is 0.592. The third kappa shape index (κ3) is 5.06. The summed E-state index contributed by atoms with van der Waals surface area (Å²) in [5.41, 5.74) is -0.317. The van der Waals surface area contributed by atoms with Crippen LogP contribution in [-0.2, 0) is 26.0 Å². The molecule has 1 atom stereocenters. The molecular formula is C11H16F2N2O5S. The van der Waals surface area contributed by atoms with Crippen LogP contribution >= 0.6 is 0 Å². The van der Waals surface area contributed by atoms with Gasteiger partial charge in [-0.2, -0.15) is 0 Å². The summed E-state index contributed by atoms with van der Waals surface area (Å²) in [5.74, 6) is -0.935. The highest BCUT2D eigenvalue weighted by Crippen LogP contribution is 2.16. The van der Waals surface area contributed by atoms with Crippen LogP contribution < -0.4 is 5.14 Å². The van der Waals surface area contributed by atoms with E-state index in [0.29, 0.717) is 0 Å². The second-order valence-corrected chi connectivity index (χ2v) is 5.88. The fourth-order valence-electron chi connectivity index (χ4n) is 1.62. The Bertz CT molecular complexity index is 600. The number of halogens is 2. The van der Waals surface area contributed by atoms with Gasteiger partial charge in [0, 0.05) is 13.3 Å². The van der Waals surface area contributed by atoms with Crippen LogP contribution in [0, 0.1) is 0 Å². The third-order valence-corrected chi connectivity index (χ3v) is 3.33. The Kier molecular flexibility index (Phi) is 5.81. The van der Waals surface area contributed by atoms with Crippen molar-refractivity contribution < 1.29 is 31.5 Å². The fourth-order valence-corrected chi connectivity index (χ4v) is 2.17. The lowest BCUT2D eigenvalue weighted by Gasteiger charge is -2.13. The lowest BCUT2D eigenvalue weighted by Crippen LogP contribution is -2.22. The number of hydrogen-bond donors (Lipinski definition) is 1. The molecule has 1 unspecified atom stereocenters. The van der Waals surface area contributed by atoms with E-state index in [1.807, 2.05) is 0 Å². The van der Waals surface area contributed by atoms with Crippen LogP contribution in [0.2, 0.25) is 0 Å². The van der Waals surface area contributed by atoms with Crippen LogP contribution in [0.5, 0.6) is 0 Å². The van der Waals surface area contributed by atoms with E-state index in [2.05, 4.69) is 0 Å². The molecule has 1 aromatic heterocycles. The van der Waals surface area contributed by atoms with E-state index in [1.54, 1.807) is 6.92 Å². The largest absolute Gasteiger partial charge is 0.456 e. The lowest BCUT2D eigenvalue weighted by molar-refractivity contribution is 0.0106. The normalized spacial score (nSPS) is 13.4. The Morgan fingerprint density at radius 1 is 1.48 bits per heavy atom. The minimum Gasteiger partial charge on any atom is -0.456 e. The number of nitrogens with zero attached hydrogens (tertiary/aromatic N) is 1. The summed E-state index contributed by atoms with van der Waals surface area (Å²) in [4.78, 5) is 11.5. The lowest BCUT2D eigenvalue weighted by atomic mass is 10.4. The molecule has 0 amide bonds. The van der Waals surface area contributed by atoms with Crippen LogP contribution in [0.4, 0.5) is 8.78 Å². The summed E-state index contributed by atoms with van der Waals surface area (Å²) < 4.78 is 58.0. The van der Waals surface area contributed by atoms with Gasteiger partial charge in [0.05, 0.1) is 13.2 Å². The van der Waals surface area contributed by atoms with Gasteiger partial charge in [-0.05, 0) is 13.0 Å². The summed E-state index contributed by atoms with van der Waals surface area (Å²) in [6.45, 7) is 0.810. The number of methoxy groups -OCH3 is 1. The van der Waals surface area contributed by atoms with Crippen molar-refractivity contribution in [1.29, 1.82) is 0 Å². The van der Waals surface area contributed by atoms with Gasteiger partial charge in [-0.15, -0.1) is 0 Å². The monoisotopic (exact) mass is 326 g/mol. The maximum Gasteiger partial charge on any atom is 0.355 e. The number of ether oxygens (including phenoxy) is 2. The molecule has 120 valence electrons. The zero-order chi connectivity index (χ0) is 16.2. The van der Waals surface area contributed by atoms with Crippen molar-refractivity contribution in [3.63, 3.8) is 0 Å². The van der Waals surface area contributed by atoms with E-state index in [1.165, 1.54) is 7.11 Å². The van der Waals surface area contributed by atoms with Gasteiger partial charge in [-0.1, -0.05) is 0 Å². The molecule has 0 radical (unpaired) electrons. The van der Waals surface area contributed by atoms with E-state index in [0.717, 1.165) is 16.8 Å². The first-order valence-corrected chi connectivity index (χ1v) is 7.40. The molecule has 10 heteroatoms. The second-order valence-electron chi connectivity index (χ2n) is 4.32. The van der Waals surface area contributed by atoms with Crippen LogP contribution in [0.15, 0.2) is 17.2 Å². The summed E-state index contributed by atoms with van der Waals surface area (Å²) in [5, 5.41) is 4.92. The third-order valence-electron chi connectivity index (χ3n) is 2.45. The number of sulfonamides is 1. The number of rotatable bonds is 7. The number of alkyl halides is 2.